The second-order valence-corrected chi connectivity index (χ2v) is 3.33. The molecule has 0 saturated carbocycles. The Hall–Kier alpha value is -1.55. The Labute approximate surface area is 91.2 Å². The number of nitrogens with one attached hydrogen (secondary N) is 1. The van der Waals surface area contributed by atoms with Gasteiger partial charge in [-0.1, -0.05) is 0 Å². The zero-order valence-corrected chi connectivity index (χ0v) is 8.84. The lowest BCUT2D eigenvalue weighted by atomic mass is 10.2. The van der Waals surface area contributed by atoms with Crippen molar-refractivity contribution in [2.45, 2.75) is 6.92 Å². The van der Waals surface area contributed by atoms with Crippen LogP contribution in [-0.4, -0.2) is 17.4 Å². The SMILES string of the molecule is CCNC(=O)c1ccc2oc(Cl)nc2c1. The highest BCUT2D eigenvalue weighted by atomic mass is 35.5. The molecule has 2 aromatic rings. The van der Waals surface area contributed by atoms with Crippen molar-refractivity contribution in [1.82, 2.24) is 10.3 Å². The van der Waals surface area contributed by atoms with Crippen LogP contribution in [0.2, 0.25) is 5.35 Å². The zero-order chi connectivity index (χ0) is 10.8. The molecule has 4 nitrogen and oxygen atoms in total. The lowest BCUT2D eigenvalue weighted by Gasteiger charge is -2.00. The molecule has 78 valence electrons. The Balaban J connectivity index is 2.41. The molecule has 0 unspecified atom stereocenters. The maximum absolute atomic E-state index is 11.5. The van der Waals surface area contributed by atoms with E-state index in [1.807, 2.05) is 6.92 Å². The smallest absolute Gasteiger partial charge is 0.293 e. The average Bonchev–Trinajstić information content (AvgIpc) is 2.57. The number of benzene rings is 1. The van der Waals surface area contributed by atoms with Crippen LogP contribution in [0.4, 0.5) is 0 Å². The highest BCUT2D eigenvalue weighted by Gasteiger charge is 2.08. The van der Waals surface area contributed by atoms with Crippen LogP contribution >= 0.6 is 11.6 Å². The van der Waals surface area contributed by atoms with Gasteiger partial charge in [0.1, 0.15) is 5.52 Å². The molecule has 0 saturated heterocycles. The largest absolute Gasteiger partial charge is 0.428 e. The van der Waals surface area contributed by atoms with E-state index in [1.165, 1.54) is 0 Å². The van der Waals surface area contributed by atoms with E-state index < -0.39 is 0 Å². The van der Waals surface area contributed by atoms with Gasteiger partial charge < -0.3 is 9.73 Å². The van der Waals surface area contributed by atoms with E-state index in [-0.39, 0.29) is 11.3 Å². The first-order chi connectivity index (χ1) is 7.20. The van der Waals surface area contributed by atoms with Gasteiger partial charge in [0.05, 0.1) is 0 Å². The third kappa shape index (κ3) is 1.94. The first-order valence-electron chi connectivity index (χ1n) is 4.55. The van der Waals surface area contributed by atoms with E-state index in [0.29, 0.717) is 23.2 Å². The number of carbonyl (C=O) groups excluding carboxylic acids is 1. The highest BCUT2D eigenvalue weighted by Crippen LogP contribution is 2.19. The molecule has 1 N–H and O–H groups in total. The number of nitrogens with zero attached hydrogens (tertiary/aromatic N) is 1. The summed E-state index contributed by atoms with van der Waals surface area (Å²) in [5.74, 6) is -0.126. The van der Waals surface area contributed by atoms with Crippen LogP contribution in [0.15, 0.2) is 22.6 Å². The van der Waals surface area contributed by atoms with Gasteiger partial charge in [-0.05, 0) is 36.7 Å². The monoisotopic (exact) mass is 224 g/mol. The quantitative estimate of drug-likeness (QED) is 0.851. The maximum Gasteiger partial charge on any atom is 0.293 e. The van der Waals surface area contributed by atoms with Crippen LogP contribution in [0.5, 0.6) is 0 Å². The number of oxazole rings is 1. The van der Waals surface area contributed by atoms with E-state index in [9.17, 15) is 4.79 Å². The van der Waals surface area contributed by atoms with E-state index in [2.05, 4.69) is 10.3 Å². The number of halogens is 1. The summed E-state index contributed by atoms with van der Waals surface area (Å²) >= 11 is 5.60. The summed E-state index contributed by atoms with van der Waals surface area (Å²) < 4.78 is 5.09. The second-order valence-electron chi connectivity index (χ2n) is 3.01. The molecule has 2 rings (SSSR count). The molecule has 1 amide bonds. The lowest BCUT2D eigenvalue weighted by Crippen LogP contribution is -2.22. The summed E-state index contributed by atoms with van der Waals surface area (Å²) in [6, 6.07) is 5.00. The van der Waals surface area contributed by atoms with Gasteiger partial charge in [0.25, 0.3) is 11.3 Å². The molecule has 5 heteroatoms. The van der Waals surface area contributed by atoms with Crippen LogP contribution in [0, 0.1) is 0 Å². The Morgan fingerprint density at radius 3 is 3.13 bits per heavy atom. The fraction of sp³-hybridized carbons (Fsp3) is 0.200. The van der Waals surface area contributed by atoms with Crippen molar-refractivity contribution >= 4 is 28.6 Å². The van der Waals surface area contributed by atoms with E-state index in [4.69, 9.17) is 16.0 Å². The van der Waals surface area contributed by atoms with Gasteiger partial charge in [-0.25, -0.2) is 0 Å². The normalized spacial score (nSPS) is 10.5. The molecule has 0 spiro atoms. The predicted octanol–water partition coefficient (Wildman–Crippen LogP) is 2.23. The molecule has 0 atom stereocenters. The first kappa shape index (κ1) is 9.98. The highest BCUT2D eigenvalue weighted by molar-refractivity contribution is 6.28. The van der Waals surface area contributed by atoms with Crippen molar-refractivity contribution in [1.29, 1.82) is 0 Å². The Kier molecular flexibility index (Phi) is 2.60. The molecule has 0 aliphatic carbocycles. The first-order valence-corrected chi connectivity index (χ1v) is 4.93. The van der Waals surface area contributed by atoms with Gasteiger partial charge >= 0.3 is 0 Å². The Bertz CT molecular complexity index is 507. The van der Waals surface area contributed by atoms with Crippen molar-refractivity contribution in [2.24, 2.45) is 0 Å². The number of amides is 1. The molecule has 1 aromatic heterocycles. The molecule has 1 aromatic carbocycles. The fourth-order valence-corrected chi connectivity index (χ4v) is 1.48. The summed E-state index contributed by atoms with van der Waals surface area (Å²) in [6.45, 7) is 2.46. The van der Waals surface area contributed by atoms with Gasteiger partial charge in [0.15, 0.2) is 5.58 Å². The molecule has 1 heterocycles. The molecule has 0 aliphatic rings. The topological polar surface area (TPSA) is 55.1 Å². The standard InChI is InChI=1S/C10H9ClN2O2/c1-2-12-9(14)6-3-4-8-7(5-6)13-10(11)15-8/h3-5H,2H2,1H3,(H,12,14). The third-order valence-electron chi connectivity index (χ3n) is 1.96. The van der Waals surface area contributed by atoms with Gasteiger partial charge in [-0.15, -0.1) is 0 Å². The van der Waals surface area contributed by atoms with Gasteiger partial charge in [-0.2, -0.15) is 4.98 Å². The number of rotatable bonds is 2. The minimum Gasteiger partial charge on any atom is -0.428 e. The molecule has 0 radical (unpaired) electrons. The number of fused-ring (bicyclic) bond motifs is 1. The van der Waals surface area contributed by atoms with Crippen molar-refractivity contribution in [3.63, 3.8) is 0 Å². The van der Waals surface area contributed by atoms with Crippen molar-refractivity contribution in [3.05, 3.63) is 29.1 Å². The van der Waals surface area contributed by atoms with Crippen molar-refractivity contribution in [3.8, 4) is 0 Å². The number of carbonyl (C=O) groups is 1. The van der Waals surface area contributed by atoms with E-state index in [0.717, 1.165) is 0 Å². The van der Waals surface area contributed by atoms with Crippen LogP contribution in [0.1, 0.15) is 17.3 Å². The lowest BCUT2D eigenvalue weighted by molar-refractivity contribution is 0.0956. The fourth-order valence-electron chi connectivity index (χ4n) is 1.30. The Morgan fingerprint density at radius 1 is 1.60 bits per heavy atom. The van der Waals surface area contributed by atoms with E-state index in [1.54, 1.807) is 18.2 Å². The van der Waals surface area contributed by atoms with E-state index >= 15 is 0 Å². The summed E-state index contributed by atoms with van der Waals surface area (Å²) in [4.78, 5) is 15.4. The minimum absolute atomic E-state index is 0.0815. The average molecular weight is 225 g/mol. The maximum atomic E-state index is 11.5. The molecule has 0 bridgehead atoms. The van der Waals surface area contributed by atoms with Gasteiger partial charge in [0, 0.05) is 12.1 Å². The number of hydrogen-bond acceptors (Lipinski definition) is 3. The summed E-state index contributed by atoms with van der Waals surface area (Å²) in [7, 11) is 0. The second kappa shape index (κ2) is 3.90. The molecule has 0 fully saturated rings. The van der Waals surface area contributed by atoms with Crippen LogP contribution in [0.3, 0.4) is 0 Å². The van der Waals surface area contributed by atoms with Crippen molar-refractivity contribution in [2.75, 3.05) is 6.54 Å². The Morgan fingerprint density at radius 2 is 2.40 bits per heavy atom. The molecule has 0 aliphatic heterocycles. The van der Waals surface area contributed by atoms with Crippen LogP contribution < -0.4 is 5.32 Å². The third-order valence-corrected chi connectivity index (χ3v) is 2.12. The summed E-state index contributed by atoms with van der Waals surface area (Å²) in [5.41, 5.74) is 1.71. The number of aromatic nitrogens is 1. The van der Waals surface area contributed by atoms with Crippen molar-refractivity contribution < 1.29 is 9.21 Å². The summed E-state index contributed by atoms with van der Waals surface area (Å²) in [6.07, 6.45) is 0. The zero-order valence-electron chi connectivity index (χ0n) is 8.08. The molecular formula is C10H9ClN2O2. The summed E-state index contributed by atoms with van der Waals surface area (Å²) in [5, 5.41) is 2.78. The van der Waals surface area contributed by atoms with Crippen LogP contribution in [0.25, 0.3) is 11.1 Å². The molecular weight excluding hydrogens is 216 g/mol. The van der Waals surface area contributed by atoms with Gasteiger partial charge in [-0.3, -0.25) is 4.79 Å². The van der Waals surface area contributed by atoms with Crippen LogP contribution in [-0.2, 0) is 0 Å². The number of hydrogen-bond donors (Lipinski definition) is 1. The molecule has 15 heavy (non-hydrogen) atoms. The minimum atomic E-state index is -0.126. The van der Waals surface area contributed by atoms with Gasteiger partial charge in [0.2, 0.25) is 0 Å². The predicted molar refractivity (Wildman–Crippen MR) is 57.0 cm³/mol.